The van der Waals surface area contributed by atoms with Crippen molar-refractivity contribution >= 4 is 11.8 Å². The molecule has 0 fully saturated rings. The summed E-state index contributed by atoms with van der Waals surface area (Å²) < 4.78 is 6.53. The zero-order valence-corrected chi connectivity index (χ0v) is 13.7. The first kappa shape index (κ1) is 16.7. The Balaban J connectivity index is 2.10. The van der Waals surface area contributed by atoms with Crippen LogP contribution in [-0.4, -0.2) is 27.9 Å². The van der Waals surface area contributed by atoms with Crippen LogP contribution < -0.4 is 5.69 Å². The van der Waals surface area contributed by atoms with Gasteiger partial charge in [0, 0.05) is 17.3 Å². The fraction of sp³-hybridized carbons (Fsp3) is 0.353. The summed E-state index contributed by atoms with van der Waals surface area (Å²) in [4.78, 5) is 38.0. The molecule has 1 aromatic heterocycles. The first-order valence-corrected chi connectivity index (χ1v) is 7.28. The highest BCUT2D eigenvalue weighted by Crippen LogP contribution is 2.15. The number of benzene rings is 1. The molecule has 23 heavy (non-hydrogen) atoms. The number of aromatic nitrogens is 2. The molecule has 0 atom stereocenters. The Morgan fingerprint density at radius 1 is 1.17 bits per heavy atom. The molecule has 6 heteroatoms. The Hall–Kier alpha value is -2.63. The Morgan fingerprint density at radius 2 is 1.78 bits per heavy atom. The van der Waals surface area contributed by atoms with Gasteiger partial charge in [-0.2, -0.15) is 0 Å². The van der Waals surface area contributed by atoms with Gasteiger partial charge in [-0.05, 0) is 31.2 Å². The maximum absolute atomic E-state index is 12.0. The zero-order chi connectivity index (χ0) is 17.2. The number of nitrogens with zero attached hydrogens (tertiary/aromatic N) is 1. The van der Waals surface area contributed by atoms with E-state index in [1.54, 1.807) is 58.2 Å². The summed E-state index contributed by atoms with van der Waals surface area (Å²) >= 11 is 0. The van der Waals surface area contributed by atoms with Gasteiger partial charge in [-0.1, -0.05) is 20.8 Å². The van der Waals surface area contributed by atoms with E-state index < -0.39 is 11.4 Å². The first-order valence-electron chi connectivity index (χ1n) is 7.28. The van der Waals surface area contributed by atoms with Crippen LogP contribution in [0.2, 0.25) is 0 Å². The van der Waals surface area contributed by atoms with Crippen molar-refractivity contribution in [3.8, 4) is 5.69 Å². The molecule has 0 radical (unpaired) electrons. The molecule has 2 aromatic rings. The van der Waals surface area contributed by atoms with Crippen molar-refractivity contribution in [1.82, 2.24) is 9.55 Å². The van der Waals surface area contributed by atoms with E-state index in [9.17, 15) is 14.4 Å². The smallest absolute Gasteiger partial charge is 0.338 e. The van der Waals surface area contributed by atoms with Gasteiger partial charge in [-0.15, -0.1) is 0 Å². The lowest BCUT2D eigenvalue weighted by Gasteiger charge is -2.16. The number of ketones is 1. The highest BCUT2D eigenvalue weighted by molar-refractivity contribution is 5.92. The maximum atomic E-state index is 12.0. The van der Waals surface area contributed by atoms with Gasteiger partial charge >= 0.3 is 11.7 Å². The number of nitrogens with one attached hydrogen (secondary N) is 1. The molecule has 0 saturated heterocycles. The molecule has 0 aliphatic rings. The summed E-state index contributed by atoms with van der Waals surface area (Å²) in [6.07, 6.45) is 1.61. The van der Waals surface area contributed by atoms with Crippen molar-refractivity contribution in [1.29, 1.82) is 0 Å². The third-order valence-corrected chi connectivity index (χ3v) is 3.49. The highest BCUT2D eigenvalue weighted by atomic mass is 16.5. The topological polar surface area (TPSA) is 81.2 Å². The minimum atomic E-state index is -0.563. The fourth-order valence-electron chi connectivity index (χ4n) is 1.95. The third kappa shape index (κ3) is 3.77. The second kappa shape index (κ2) is 6.24. The van der Waals surface area contributed by atoms with E-state index in [2.05, 4.69) is 4.98 Å². The Morgan fingerprint density at radius 3 is 2.26 bits per heavy atom. The van der Waals surface area contributed by atoms with Gasteiger partial charge < -0.3 is 9.72 Å². The second-order valence-corrected chi connectivity index (χ2v) is 6.37. The molecule has 0 unspecified atom stereocenters. The van der Waals surface area contributed by atoms with E-state index in [-0.39, 0.29) is 18.1 Å². The van der Waals surface area contributed by atoms with Crippen molar-refractivity contribution in [3.05, 3.63) is 52.2 Å². The van der Waals surface area contributed by atoms with Crippen LogP contribution >= 0.6 is 0 Å². The number of hydrogen-bond donors (Lipinski definition) is 1. The normalized spacial score (nSPS) is 11.3. The number of H-pyrrole nitrogens is 1. The molecular weight excluding hydrogens is 296 g/mol. The number of hydrogen-bond acceptors (Lipinski definition) is 4. The van der Waals surface area contributed by atoms with Crippen molar-refractivity contribution < 1.29 is 14.3 Å². The molecule has 0 aliphatic carbocycles. The molecule has 1 heterocycles. The zero-order valence-electron chi connectivity index (χ0n) is 13.7. The molecule has 6 nitrogen and oxygen atoms in total. The van der Waals surface area contributed by atoms with Crippen LogP contribution in [0.1, 0.15) is 36.8 Å². The summed E-state index contributed by atoms with van der Waals surface area (Å²) in [5.74, 6) is -0.704. The third-order valence-electron chi connectivity index (χ3n) is 3.49. The number of rotatable bonds is 4. The average molecular weight is 316 g/mol. The van der Waals surface area contributed by atoms with Gasteiger partial charge in [-0.25, -0.2) is 9.59 Å². The molecule has 0 bridgehead atoms. The minimum Gasteiger partial charge on any atom is -0.454 e. The molecule has 0 amide bonds. The van der Waals surface area contributed by atoms with E-state index >= 15 is 0 Å². The van der Waals surface area contributed by atoms with Gasteiger partial charge in [0.05, 0.1) is 11.3 Å². The summed E-state index contributed by atoms with van der Waals surface area (Å²) in [5.41, 5.74) is 0.958. The average Bonchev–Trinajstić information content (AvgIpc) is 2.82. The van der Waals surface area contributed by atoms with Crippen LogP contribution in [0.3, 0.4) is 0 Å². The number of ether oxygens (including phenoxy) is 1. The standard InChI is InChI=1S/C17H20N2O4/c1-11-9-18-16(22)19(11)13-7-5-12(6-8-13)15(21)23-10-14(20)17(2,3)4/h5-9H,10H2,1-4H3,(H,18,22). The molecule has 1 N–H and O–H groups in total. The Bertz CT molecular complexity index is 776. The van der Waals surface area contributed by atoms with Crippen LogP contribution in [0.4, 0.5) is 0 Å². The van der Waals surface area contributed by atoms with Crippen molar-refractivity contribution in [3.63, 3.8) is 0 Å². The molecule has 122 valence electrons. The van der Waals surface area contributed by atoms with Gasteiger partial charge in [-0.3, -0.25) is 9.36 Å². The number of carbonyl (C=O) groups excluding carboxylic acids is 2. The maximum Gasteiger partial charge on any atom is 0.338 e. The van der Waals surface area contributed by atoms with Crippen LogP contribution in [-0.2, 0) is 9.53 Å². The highest BCUT2D eigenvalue weighted by Gasteiger charge is 2.22. The van der Waals surface area contributed by atoms with Crippen LogP contribution in [0.5, 0.6) is 0 Å². The van der Waals surface area contributed by atoms with Crippen molar-refractivity contribution in [2.45, 2.75) is 27.7 Å². The van der Waals surface area contributed by atoms with E-state index in [0.717, 1.165) is 5.69 Å². The predicted molar refractivity (Wildman–Crippen MR) is 85.9 cm³/mol. The molecular formula is C17H20N2O4. The quantitative estimate of drug-likeness (QED) is 0.877. The number of imidazole rings is 1. The number of esters is 1. The fourth-order valence-corrected chi connectivity index (χ4v) is 1.95. The number of aromatic amines is 1. The lowest BCUT2D eigenvalue weighted by Crippen LogP contribution is -2.26. The van der Waals surface area contributed by atoms with Gasteiger partial charge in [0.15, 0.2) is 12.4 Å². The summed E-state index contributed by atoms with van der Waals surface area (Å²) in [5, 5.41) is 0. The largest absolute Gasteiger partial charge is 0.454 e. The van der Waals surface area contributed by atoms with E-state index in [4.69, 9.17) is 4.74 Å². The summed E-state index contributed by atoms with van der Waals surface area (Å²) in [6, 6.07) is 6.45. The lowest BCUT2D eigenvalue weighted by molar-refractivity contribution is -0.129. The second-order valence-electron chi connectivity index (χ2n) is 6.37. The summed E-state index contributed by atoms with van der Waals surface area (Å²) in [7, 11) is 0. The predicted octanol–water partition coefficient (Wildman–Crippen LogP) is 2.25. The van der Waals surface area contributed by atoms with Crippen LogP contribution in [0.25, 0.3) is 5.69 Å². The molecule has 2 rings (SSSR count). The Labute approximate surface area is 134 Å². The van der Waals surface area contributed by atoms with Crippen LogP contribution in [0, 0.1) is 12.3 Å². The van der Waals surface area contributed by atoms with E-state index in [1.807, 2.05) is 0 Å². The monoisotopic (exact) mass is 316 g/mol. The number of carbonyl (C=O) groups is 2. The van der Waals surface area contributed by atoms with Crippen molar-refractivity contribution in [2.75, 3.05) is 6.61 Å². The minimum absolute atomic E-state index is 0.142. The van der Waals surface area contributed by atoms with Crippen LogP contribution in [0.15, 0.2) is 35.3 Å². The lowest BCUT2D eigenvalue weighted by atomic mass is 9.91. The molecule has 0 spiro atoms. The summed E-state index contributed by atoms with van der Waals surface area (Å²) in [6.45, 7) is 6.87. The first-order chi connectivity index (χ1) is 10.7. The van der Waals surface area contributed by atoms with Crippen molar-refractivity contribution in [2.24, 2.45) is 5.41 Å². The van der Waals surface area contributed by atoms with Gasteiger partial charge in [0.1, 0.15) is 0 Å². The van der Waals surface area contributed by atoms with Gasteiger partial charge in [0.25, 0.3) is 0 Å². The number of Topliss-reactive ketones (excluding diaryl/α,β-unsaturated/α-hetero) is 1. The molecule has 0 aliphatic heterocycles. The number of aryl methyl sites for hydroxylation is 1. The Kier molecular flexibility index (Phi) is 4.54. The van der Waals surface area contributed by atoms with E-state index in [1.165, 1.54) is 4.57 Å². The SMILES string of the molecule is Cc1c[nH]c(=O)n1-c1ccc(C(=O)OCC(=O)C(C)(C)C)cc1. The van der Waals surface area contributed by atoms with E-state index in [0.29, 0.717) is 11.3 Å². The van der Waals surface area contributed by atoms with Gasteiger partial charge in [0.2, 0.25) is 0 Å². The molecule has 0 saturated carbocycles. The molecule has 1 aromatic carbocycles.